The molecule has 0 saturated heterocycles. The normalized spacial score (nSPS) is 10.9. The summed E-state index contributed by atoms with van der Waals surface area (Å²) in [7, 11) is 0. The Bertz CT molecular complexity index is 1810. The smallest absolute Gasteiger partial charge is 0.336 e. The fourth-order valence-electron chi connectivity index (χ4n) is 3.81. The summed E-state index contributed by atoms with van der Waals surface area (Å²) in [5.41, 5.74) is 4.33. The van der Waals surface area contributed by atoms with Crippen molar-refractivity contribution in [1.29, 1.82) is 0 Å². The lowest BCUT2D eigenvalue weighted by molar-refractivity contribution is -0.384. The molecule has 0 heterocycles. The monoisotopic (exact) mass is 646 g/mol. The van der Waals surface area contributed by atoms with Crippen LogP contribution < -0.4 is 20.2 Å². The third-order valence-electron chi connectivity index (χ3n) is 5.93. The Morgan fingerprint density at radius 1 is 0.911 bits per heavy atom. The van der Waals surface area contributed by atoms with Gasteiger partial charge in [0.1, 0.15) is 0 Å². The van der Waals surface area contributed by atoms with Crippen molar-refractivity contribution in [3.63, 3.8) is 0 Å². The van der Waals surface area contributed by atoms with Crippen molar-refractivity contribution < 1.29 is 28.8 Å². The molecule has 4 aromatic rings. The number of halogens is 2. The van der Waals surface area contributed by atoms with E-state index in [0.29, 0.717) is 21.8 Å². The molecule has 2 N–H and O–H groups in total. The first-order valence-electron chi connectivity index (χ1n) is 13.2. The summed E-state index contributed by atoms with van der Waals surface area (Å²) in [5, 5.41) is 18.1. The number of esters is 1. The second kappa shape index (κ2) is 15.3. The van der Waals surface area contributed by atoms with Crippen LogP contribution in [0.3, 0.4) is 0 Å². The second-order valence-electron chi connectivity index (χ2n) is 9.10. The minimum Gasteiger partial charge on any atom is -0.490 e. The molecule has 0 spiro atoms. The van der Waals surface area contributed by atoms with Crippen molar-refractivity contribution in [3.8, 4) is 11.5 Å². The number of hydrogen-bond donors (Lipinski definition) is 2. The highest BCUT2D eigenvalue weighted by Crippen LogP contribution is 2.28. The lowest BCUT2D eigenvalue weighted by Gasteiger charge is -2.10. The van der Waals surface area contributed by atoms with Gasteiger partial charge in [-0.1, -0.05) is 29.3 Å². The molecule has 228 valence electrons. The van der Waals surface area contributed by atoms with E-state index in [1.54, 1.807) is 43.3 Å². The van der Waals surface area contributed by atoms with E-state index in [9.17, 15) is 24.5 Å². The summed E-state index contributed by atoms with van der Waals surface area (Å²) in [6.07, 6.45) is 4.04. The number of nitro benzene ring substituents is 1. The molecule has 0 radical (unpaired) electrons. The van der Waals surface area contributed by atoms with E-state index < -0.39 is 22.7 Å². The van der Waals surface area contributed by atoms with Gasteiger partial charge in [0.15, 0.2) is 11.5 Å². The number of hydrogen-bond acceptors (Lipinski definition) is 8. The average molecular weight is 647 g/mol. The first-order chi connectivity index (χ1) is 21.6. The summed E-state index contributed by atoms with van der Waals surface area (Å²) in [5.74, 6) is -1.24. The van der Waals surface area contributed by atoms with Gasteiger partial charge in [0.05, 0.1) is 28.3 Å². The molecule has 45 heavy (non-hydrogen) atoms. The first kappa shape index (κ1) is 32.4. The molecule has 0 bridgehead atoms. The number of amides is 2. The molecule has 0 fully saturated rings. The van der Waals surface area contributed by atoms with E-state index in [4.69, 9.17) is 32.7 Å². The number of hydrazone groups is 1. The van der Waals surface area contributed by atoms with Gasteiger partial charge in [-0.05, 0) is 90.9 Å². The average Bonchev–Trinajstić information content (AvgIpc) is 3.01. The summed E-state index contributed by atoms with van der Waals surface area (Å²) < 4.78 is 11.0. The SMILES string of the molecule is CCOc1cc(C=NNC(=O)c2cccc(NC(=O)c3ccc(Cl)cc3Cl)c2)ccc1OC(=O)/C=C/c1ccc([N+](=O)[O-])cc1. The van der Waals surface area contributed by atoms with Crippen LogP contribution in [0, 0.1) is 10.1 Å². The molecule has 0 saturated carbocycles. The van der Waals surface area contributed by atoms with Crippen LogP contribution in [0.5, 0.6) is 11.5 Å². The number of ether oxygens (including phenoxy) is 2. The molecule has 0 aliphatic heterocycles. The summed E-state index contributed by atoms with van der Waals surface area (Å²) >= 11 is 12.0. The van der Waals surface area contributed by atoms with Crippen molar-refractivity contribution in [3.05, 3.63) is 133 Å². The zero-order chi connectivity index (χ0) is 32.3. The zero-order valence-electron chi connectivity index (χ0n) is 23.5. The standard InChI is InChI=1S/C32H24Cl2N4O7/c1-2-44-29-16-21(8-14-28(29)45-30(39)15-9-20-6-11-25(12-7-20)38(42)43)19-35-37-31(40)22-4-3-5-24(17-22)36-32(41)26-13-10-23(33)18-27(26)34/h3-19H,2H2,1H3,(H,36,41)(H,37,40)/b15-9+,35-19?. The van der Waals surface area contributed by atoms with Crippen molar-refractivity contribution in [2.24, 2.45) is 5.10 Å². The summed E-state index contributed by atoms with van der Waals surface area (Å²) in [6, 6.07) is 21.2. The minimum atomic E-state index is -0.683. The molecule has 2 amide bonds. The van der Waals surface area contributed by atoms with Crippen molar-refractivity contribution in [2.45, 2.75) is 6.92 Å². The molecule has 11 nitrogen and oxygen atoms in total. The summed E-state index contributed by atoms with van der Waals surface area (Å²) in [6.45, 7) is 2.05. The minimum absolute atomic E-state index is 0.0595. The van der Waals surface area contributed by atoms with Gasteiger partial charge in [0, 0.05) is 34.5 Å². The Balaban J connectivity index is 1.37. The molecule has 0 atom stereocenters. The Morgan fingerprint density at radius 2 is 1.67 bits per heavy atom. The van der Waals surface area contributed by atoms with E-state index in [1.165, 1.54) is 66.9 Å². The highest BCUT2D eigenvalue weighted by atomic mass is 35.5. The lowest BCUT2D eigenvalue weighted by Crippen LogP contribution is -2.18. The fraction of sp³-hybridized carbons (Fsp3) is 0.0625. The van der Waals surface area contributed by atoms with Gasteiger partial charge >= 0.3 is 5.97 Å². The number of nitrogens with one attached hydrogen (secondary N) is 2. The van der Waals surface area contributed by atoms with Gasteiger partial charge in [-0.2, -0.15) is 5.10 Å². The quantitative estimate of drug-likeness (QED) is 0.0448. The van der Waals surface area contributed by atoms with E-state index >= 15 is 0 Å². The molecule has 0 aromatic heterocycles. The number of nitro groups is 1. The number of carbonyl (C=O) groups is 3. The van der Waals surface area contributed by atoms with E-state index in [1.807, 2.05) is 0 Å². The predicted octanol–water partition coefficient (Wildman–Crippen LogP) is 6.94. The third-order valence-corrected chi connectivity index (χ3v) is 6.48. The van der Waals surface area contributed by atoms with Crippen molar-refractivity contribution in [1.82, 2.24) is 5.43 Å². The largest absolute Gasteiger partial charge is 0.490 e. The van der Waals surface area contributed by atoms with Gasteiger partial charge in [-0.15, -0.1) is 0 Å². The van der Waals surface area contributed by atoms with Crippen LogP contribution in [0.1, 0.15) is 38.8 Å². The number of nitrogens with zero attached hydrogens (tertiary/aromatic N) is 2. The number of non-ortho nitro benzene ring substituents is 1. The van der Waals surface area contributed by atoms with Crippen LogP contribution in [0.15, 0.2) is 96.1 Å². The van der Waals surface area contributed by atoms with Crippen LogP contribution in [-0.4, -0.2) is 35.5 Å². The molecule has 0 aliphatic rings. The van der Waals surface area contributed by atoms with Crippen molar-refractivity contribution in [2.75, 3.05) is 11.9 Å². The highest BCUT2D eigenvalue weighted by molar-refractivity contribution is 6.37. The van der Waals surface area contributed by atoms with Crippen LogP contribution >= 0.6 is 23.2 Å². The van der Waals surface area contributed by atoms with E-state index in [-0.39, 0.29) is 39.9 Å². The number of carbonyl (C=O) groups excluding carboxylic acids is 3. The molecule has 4 aromatic carbocycles. The molecule has 0 aliphatic carbocycles. The van der Waals surface area contributed by atoms with Gasteiger partial charge in [-0.3, -0.25) is 19.7 Å². The number of benzene rings is 4. The number of anilines is 1. The first-order valence-corrected chi connectivity index (χ1v) is 14.0. The summed E-state index contributed by atoms with van der Waals surface area (Å²) in [4.78, 5) is 48.0. The highest BCUT2D eigenvalue weighted by Gasteiger charge is 2.13. The Hall–Kier alpha value is -5.52. The van der Waals surface area contributed by atoms with Crippen LogP contribution in [0.4, 0.5) is 11.4 Å². The second-order valence-corrected chi connectivity index (χ2v) is 9.94. The Labute approximate surface area is 267 Å². The van der Waals surface area contributed by atoms with Gasteiger partial charge in [-0.25, -0.2) is 10.2 Å². The molecule has 0 unspecified atom stereocenters. The molecule has 4 rings (SSSR count). The van der Waals surface area contributed by atoms with Crippen LogP contribution in [-0.2, 0) is 4.79 Å². The van der Waals surface area contributed by atoms with Crippen LogP contribution in [0.2, 0.25) is 10.0 Å². The predicted molar refractivity (Wildman–Crippen MR) is 171 cm³/mol. The Morgan fingerprint density at radius 3 is 2.38 bits per heavy atom. The Kier molecular flexibility index (Phi) is 11.0. The van der Waals surface area contributed by atoms with Gasteiger partial charge < -0.3 is 14.8 Å². The lowest BCUT2D eigenvalue weighted by atomic mass is 10.1. The van der Waals surface area contributed by atoms with E-state index in [0.717, 1.165) is 0 Å². The van der Waals surface area contributed by atoms with Gasteiger partial charge in [0.2, 0.25) is 0 Å². The van der Waals surface area contributed by atoms with E-state index in [2.05, 4.69) is 15.8 Å². The maximum atomic E-state index is 12.7. The fourth-order valence-corrected chi connectivity index (χ4v) is 4.31. The van der Waals surface area contributed by atoms with Gasteiger partial charge in [0.25, 0.3) is 17.5 Å². The topological polar surface area (TPSA) is 149 Å². The van der Waals surface area contributed by atoms with Crippen molar-refractivity contribution >= 4 is 64.7 Å². The molecular weight excluding hydrogens is 623 g/mol. The number of rotatable bonds is 11. The molecule has 13 heteroatoms. The third kappa shape index (κ3) is 9.23. The van der Waals surface area contributed by atoms with Crippen LogP contribution in [0.25, 0.3) is 6.08 Å². The maximum absolute atomic E-state index is 12.7. The maximum Gasteiger partial charge on any atom is 0.336 e. The molecular formula is C32H24Cl2N4O7. The zero-order valence-corrected chi connectivity index (χ0v) is 25.0.